The first-order valence-electron chi connectivity index (χ1n) is 4.75. The molecule has 1 fully saturated rings. The third-order valence-corrected chi connectivity index (χ3v) is 3.39. The Morgan fingerprint density at radius 2 is 2.13 bits per heavy atom. The van der Waals surface area contributed by atoms with Crippen LogP contribution in [0.1, 0.15) is 24.8 Å². The van der Waals surface area contributed by atoms with E-state index in [0.29, 0.717) is 23.4 Å². The van der Waals surface area contributed by atoms with Crippen molar-refractivity contribution < 1.29 is 14.3 Å². The van der Waals surface area contributed by atoms with Gasteiger partial charge in [-0.15, -0.1) is 0 Å². The summed E-state index contributed by atoms with van der Waals surface area (Å²) in [6, 6.07) is 3.88. The molecule has 0 bridgehead atoms. The highest BCUT2D eigenvalue weighted by Crippen LogP contribution is 2.46. The zero-order chi connectivity index (χ0) is 11.1. The zero-order valence-corrected chi connectivity index (χ0v) is 8.72. The number of rotatable bonds is 2. The molecule has 4 heteroatoms. The maximum atomic E-state index is 13.0. The number of carbonyl (C=O) groups is 1. The van der Waals surface area contributed by atoms with Gasteiger partial charge in [0.15, 0.2) is 0 Å². The van der Waals surface area contributed by atoms with Crippen LogP contribution >= 0.6 is 11.6 Å². The highest BCUT2D eigenvalue weighted by Gasteiger charge is 2.47. The monoisotopic (exact) mass is 228 g/mol. The molecule has 0 amide bonds. The van der Waals surface area contributed by atoms with E-state index in [1.165, 1.54) is 18.2 Å². The van der Waals surface area contributed by atoms with Crippen molar-refractivity contribution in [2.24, 2.45) is 0 Å². The summed E-state index contributed by atoms with van der Waals surface area (Å²) in [6.07, 6.45) is 1.91. The molecular formula is C11H10ClFO2. The normalized spacial score (nSPS) is 18.3. The Morgan fingerprint density at radius 1 is 1.47 bits per heavy atom. The summed E-state index contributed by atoms with van der Waals surface area (Å²) in [5, 5.41) is 9.50. The van der Waals surface area contributed by atoms with Crippen LogP contribution in [0.5, 0.6) is 0 Å². The van der Waals surface area contributed by atoms with Crippen LogP contribution in [0.2, 0.25) is 5.02 Å². The fraction of sp³-hybridized carbons (Fsp3) is 0.364. The second-order valence-corrected chi connectivity index (χ2v) is 4.27. The minimum absolute atomic E-state index is 0.332. The average Bonchev–Trinajstić information content (AvgIpc) is 2.08. The van der Waals surface area contributed by atoms with Gasteiger partial charge >= 0.3 is 5.97 Å². The molecule has 0 aromatic heterocycles. The smallest absolute Gasteiger partial charge is 0.314 e. The van der Waals surface area contributed by atoms with Crippen molar-refractivity contribution in [3.63, 3.8) is 0 Å². The molecule has 1 saturated carbocycles. The molecule has 1 aliphatic carbocycles. The predicted octanol–water partition coefficient (Wildman–Crippen LogP) is 2.99. The first-order valence-corrected chi connectivity index (χ1v) is 5.13. The van der Waals surface area contributed by atoms with Gasteiger partial charge < -0.3 is 5.11 Å². The van der Waals surface area contributed by atoms with Crippen LogP contribution in [0, 0.1) is 5.82 Å². The van der Waals surface area contributed by atoms with E-state index in [4.69, 9.17) is 11.6 Å². The Balaban J connectivity index is 2.51. The van der Waals surface area contributed by atoms with Crippen molar-refractivity contribution in [1.82, 2.24) is 0 Å². The third-order valence-electron chi connectivity index (χ3n) is 3.06. The molecule has 15 heavy (non-hydrogen) atoms. The van der Waals surface area contributed by atoms with Gasteiger partial charge in [-0.2, -0.15) is 0 Å². The Labute approximate surface area is 91.7 Å². The number of carboxylic acids is 1. The van der Waals surface area contributed by atoms with Gasteiger partial charge in [-0.05, 0) is 36.6 Å². The minimum atomic E-state index is -0.959. The topological polar surface area (TPSA) is 37.3 Å². The highest BCUT2D eigenvalue weighted by molar-refractivity contribution is 6.31. The first-order chi connectivity index (χ1) is 7.06. The minimum Gasteiger partial charge on any atom is -0.481 e. The van der Waals surface area contributed by atoms with Crippen molar-refractivity contribution >= 4 is 17.6 Å². The van der Waals surface area contributed by atoms with Crippen LogP contribution < -0.4 is 0 Å². The first kappa shape index (κ1) is 10.4. The Hall–Kier alpha value is -1.09. The van der Waals surface area contributed by atoms with Gasteiger partial charge in [-0.25, -0.2) is 4.39 Å². The van der Waals surface area contributed by atoms with Crippen LogP contribution in [0.3, 0.4) is 0 Å². The van der Waals surface area contributed by atoms with Crippen molar-refractivity contribution in [2.75, 3.05) is 0 Å². The lowest BCUT2D eigenvalue weighted by molar-refractivity contribution is -0.147. The molecule has 2 rings (SSSR count). The summed E-state index contributed by atoms with van der Waals surface area (Å²) < 4.78 is 13.0. The number of aliphatic carboxylic acids is 1. The van der Waals surface area contributed by atoms with Crippen LogP contribution in [-0.2, 0) is 10.2 Å². The van der Waals surface area contributed by atoms with E-state index < -0.39 is 17.2 Å². The summed E-state index contributed by atoms with van der Waals surface area (Å²) in [5.41, 5.74) is -0.554. The fourth-order valence-corrected chi connectivity index (χ4v) is 2.29. The summed E-state index contributed by atoms with van der Waals surface area (Å²) in [5.74, 6) is -1.36. The maximum Gasteiger partial charge on any atom is 0.314 e. The van der Waals surface area contributed by atoms with Gasteiger partial charge in [-0.3, -0.25) is 4.79 Å². The molecule has 1 aromatic carbocycles. The molecule has 1 N–H and O–H groups in total. The van der Waals surface area contributed by atoms with E-state index in [2.05, 4.69) is 0 Å². The van der Waals surface area contributed by atoms with Crippen LogP contribution in [0.25, 0.3) is 0 Å². The summed E-state index contributed by atoms with van der Waals surface area (Å²) >= 11 is 5.91. The lowest BCUT2D eigenvalue weighted by Gasteiger charge is -2.38. The van der Waals surface area contributed by atoms with Crippen molar-refractivity contribution in [1.29, 1.82) is 0 Å². The second-order valence-electron chi connectivity index (χ2n) is 3.86. The average molecular weight is 229 g/mol. The standard InChI is InChI=1S/C11H10ClFO2/c12-9-3-2-7(13)6-8(9)11(10(14)15)4-1-5-11/h2-3,6H,1,4-5H2,(H,14,15). The molecule has 0 aliphatic heterocycles. The van der Waals surface area contributed by atoms with E-state index in [9.17, 15) is 14.3 Å². The fourth-order valence-electron chi connectivity index (χ4n) is 1.99. The number of hydrogen-bond donors (Lipinski definition) is 1. The predicted molar refractivity (Wildman–Crippen MR) is 54.6 cm³/mol. The summed E-state index contributed by atoms with van der Waals surface area (Å²) in [7, 11) is 0. The van der Waals surface area contributed by atoms with Gasteiger partial charge in [0.1, 0.15) is 5.82 Å². The SMILES string of the molecule is O=C(O)C1(c2cc(F)ccc2Cl)CCC1. The van der Waals surface area contributed by atoms with Gasteiger partial charge in [0, 0.05) is 5.02 Å². The number of benzene rings is 1. The number of hydrogen-bond acceptors (Lipinski definition) is 1. The summed E-state index contributed by atoms with van der Waals surface area (Å²) in [6.45, 7) is 0. The largest absolute Gasteiger partial charge is 0.481 e. The molecule has 0 heterocycles. The van der Waals surface area contributed by atoms with E-state index in [1.54, 1.807) is 0 Å². The quantitative estimate of drug-likeness (QED) is 0.845. The van der Waals surface area contributed by atoms with Crippen LogP contribution in [0.15, 0.2) is 18.2 Å². The molecule has 80 valence electrons. The van der Waals surface area contributed by atoms with Gasteiger partial charge in [0.05, 0.1) is 5.41 Å². The molecule has 1 aromatic rings. The molecule has 2 nitrogen and oxygen atoms in total. The zero-order valence-electron chi connectivity index (χ0n) is 7.96. The van der Waals surface area contributed by atoms with E-state index >= 15 is 0 Å². The lowest BCUT2D eigenvalue weighted by atomic mass is 9.64. The third kappa shape index (κ3) is 1.51. The van der Waals surface area contributed by atoms with Crippen LogP contribution in [0.4, 0.5) is 4.39 Å². The van der Waals surface area contributed by atoms with E-state index in [0.717, 1.165) is 6.42 Å². The molecule has 0 atom stereocenters. The highest BCUT2D eigenvalue weighted by atomic mass is 35.5. The molecule has 0 saturated heterocycles. The Bertz CT molecular complexity index is 413. The van der Waals surface area contributed by atoms with Crippen LogP contribution in [-0.4, -0.2) is 11.1 Å². The van der Waals surface area contributed by atoms with Crippen molar-refractivity contribution in [3.8, 4) is 0 Å². The molecule has 0 spiro atoms. The lowest BCUT2D eigenvalue weighted by Crippen LogP contribution is -2.42. The van der Waals surface area contributed by atoms with Crippen molar-refractivity contribution in [2.45, 2.75) is 24.7 Å². The van der Waals surface area contributed by atoms with Gasteiger partial charge in [0.2, 0.25) is 0 Å². The molecular weight excluding hydrogens is 219 g/mol. The number of carboxylic acid groups (broad SMARTS) is 1. The van der Waals surface area contributed by atoms with Crippen molar-refractivity contribution in [3.05, 3.63) is 34.6 Å². The Morgan fingerprint density at radius 3 is 2.60 bits per heavy atom. The number of halogens is 2. The summed E-state index contributed by atoms with van der Waals surface area (Å²) in [4.78, 5) is 11.2. The Kier molecular flexibility index (Phi) is 2.43. The second kappa shape index (κ2) is 3.49. The van der Waals surface area contributed by atoms with E-state index in [-0.39, 0.29) is 0 Å². The van der Waals surface area contributed by atoms with E-state index in [1.807, 2.05) is 0 Å². The molecule has 0 unspecified atom stereocenters. The molecule has 0 radical (unpaired) electrons. The van der Waals surface area contributed by atoms with Gasteiger partial charge in [0.25, 0.3) is 0 Å². The van der Waals surface area contributed by atoms with Gasteiger partial charge in [-0.1, -0.05) is 18.0 Å². The maximum absolute atomic E-state index is 13.0. The molecule has 1 aliphatic rings.